The normalized spacial score (nSPS) is 22.3. The van der Waals surface area contributed by atoms with Gasteiger partial charge in [-0.25, -0.2) is 0 Å². The Hall–Kier alpha value is -1.46. The third kappa shape index (κ3) is 3.30. The summed E-state index contributed by atoms with van der Waals surface area (Å²) in [5, 5.41) is 9.34. The molecule has 0 saturated carbocycles. The van der Waals surface area contributed by atoms with Crippen LogP contribution in [0.2, 0.25) is 0 Å². The Bertz CT molecular complexity index is 448. The molecule has 19 heavy (non-hydrogen) atoms. The Kier molecular flexibility index (Phi) is 3.87. The maximum Gasteiger partial charge on any atom is 0.122 e. The predicted octanol–water partition coefficient (Wildman–Crippen LogP) is 1.25. The first-order chi connectivity index (χ1) is 8.93. The summed E-state index contributed by atoms with van der Waals surface area (Å²) >= 11 is 0. The zero-order valence-corrected chi connectivity index (χ0v) is 11.7. The minimum Gasteiger partial charge on any atom is -0.497 e. The molecule has 1 fully saturated rings. The Morgan fingerprint density at radius 3 is 2.84 bits per heavy atom. The molecule has 1 aliphatic heterocycles. The molecule has 5 heteroatoms. The number of aliphatic hydroxyl groups is 1. The highest BCUT2D eigenvalue weighted by Gasteiger charge is 2.33. The van der Waals surface area contributed by atoms with Crippen molar-refractivity contribution in [3.05, 3.63) is 18.2 Å². The lowest BCUT2D eigenvalue weighted by molar-refractivity contribution is -0.101. The molecule has 1 aromatic carbocycles. The van der Waals surface area contributed by atoms with Crippen LogP contribution < -0.4 is 15.4 Å². The molecule has 0 aromatic heterocycles. The van der Waals surface area contributed by atoms with Gasteiger partial charge in [0, 0.05) is 36.6 Å². The van der Waals surface area contributed by atoms with E-state index in [1.807, 2.05) is 26.0 Å². The number of methoxy groups -OCH3 is 1. The third-order valence-electron chi connectivity index (χ3n) is 3.20. The number of morpholine rings is 1. The summed E-state index contributed by atoms with van der Waals surface area (Å²) in [7, 11) is 1.62. The number of aliphatic hydroxyl groups excluding tert-OH is 1. The van der Waals surface area contributed by atoms with Gasteiger partial charge in [0.2, 0.25) is 0 Å². The van der Waals surface area contributed by atoms with E-state index in [9.17, 15) is 5.11 Å². The summed E-state index contributed by atoms with van der Waals surface area (Å²) < 4.78 is 11.1. The highest BCUT2D eigenvalue weighted by Crippen LogP contribution is 2.30. The molecular weight excluding hydrogens is 244 g/mol. The van der Waals surface area contributed by atoms with E-state index in [4.69, 9.17) is 15.2 Å². The van der Waals surface area contributed by atoms with Gasteiger partial charge in [-0.3, -0.25) is 0 Å². The van der Waals surface area contributed by atoms with Crippen molar-refractivity contribution in [3.63, 3.8) is 0 Å². The molecule has 2 rings (SSSR count). The molecule has 106 valence electrons. The summed E-state index contributed by atoms with van der Waals surface area (Å²) in [6.07, 6.45) is -0.184. The van der Waals surface area contributed by atoms with Crippen molar-refractivity contribution in [1.29, 1.82) is 0 Å². The van der Waals surface area contributed by atoms with Crippen molar-refractivity contribution in [2.45, 2.75) is 25.6 Å². The van der Waals surface area contributed by atoms with E-state index in [0.717, 1.165) is 18.0 Å². The maximum absolute atomic E-state index is 9.34. The summed E-state index contributed by atoms with van der Waals surface area (Å²) in [6, 6.07) is 5.66. The largest absolute Gasteiger partial charge is 0.497 e. The second-order valence-electron chi connectivity index (χ2n) is 5.53. The molecule has 3 N–H and O–H groups in total. The van der Waals surface area contributed by atoms with E-state index >= 15 is 0 Å². The van der Waals surface area contributed by atoms with Crippen LogP contribution in [-0.2, 0) is 4.74 Å². The fraction of sp³-hybridized carbons (Fsp3) is 0.571. The molecule has 1 aromatic rings. The highest BCUT2D eigenvalue weighted by molar-refractivity contribution is 5.61. The number of nitrogens with zero attached hydrogens (tertiary/aromatic N) is 1. The smallest absolute Gasteiger partial charge is 0.122 e. The first-order valence-corrected chi connectivity index (χ1v) is 6.42. The number of nitrogen functional groups attached to an aromatic ring is 1. The van der Waals surface area contributed by atoms with E-state index in [2.05, 4.69) is 4.90 Å². The summed E-state index contributed by atoms with van der Waals surface area (Å²) in [4.78, 5) is 2.17. The molecular formula is C14H22N2O3. The van der Waals surface area contributed by atoms with Gasteiger partial charge in [-0.15, -0.1) is 0 Å². The number of rotatable bonds is 3. The Morgan fingerprint density at radius 1 is 1.47 bits per heavy atom. The topological polar surface area (TPSA) is 68.0 Å². The van der Waals surface area contributed by atoms with Gasteiger partial charge in [-0.05, 0) is 19.9 Å². The van der Waals surface area contributed by atoms with Crippen LogP contribution in [-0.4, -0.2) is 43.6 Å². The average Bonchev–Trinajstić information content (AvgIpc) is 2.36. The molecule has 1 atom stereocenters. The van der Waals surface area contributed by atoms with Crippen LogP contribution in [0.5, 0.6) is 5.75 Å². The van der Waals surface area contributed by atoms with Crippen molar-refractivity contribution >= 4 is 11.4 Å². The van der Waals surface area contributed by atoms with Gasteiger partial charge in [0.25, 0.3) is 0 Å². The Morgan fingerprint density at radius 2 is 2.21 bits per heavy atom. The third-order valence-corrected chi connectivity index (χ3v) is 3.20. The van der Waals surface area contributed by atoms with Crippen LogP contribution in [0.25, 0.3) is 0 Å². The van der Waals surface area contributed by atoms with Crippen LogP contribution >= 0.6 is 0 Å². The van der Waals surface area contributed by atoms with Crippen LogP contribution in [0.1, 0.15) is 13.8 Å². The first kappa shape index (κ1) is 14.0. The standard InChI is InChI=1S/C14H22N2O3/c1-14(2)9-16(7-13(8-17)19-14)11-4-10(15)5-12(6-11)18-3/h4-6,13,17H,7-9,15H2,1-3H3. The van der Waals surface area contributed by atoms with E-state index in [1.165, 1.54) is 0 Å². The molecule has 1 heterocycles. The molecule has 0 spiro atoms. The van der Waals surface area contributed by atoms with Gasteiger partial charge in [-0.2, -0.15) is 0 Å². The lowest BCUT2D eigenvalue weighted by atomic mass is 10.0. The summed E-state index contributed by atoms with van der Waals surface area (Å²) in [6.45, 7) is 5.44. The van der Waals surface area contributed by atoms with Crippen LogP contribution in [0.4, 0.5) is 11.4 Å². The van der Waals surface area contributed by atoms with Crippen molar-refractivity contribution in [2.24, 2.45) is 0 Å². The number of hydrogen-bond donors (Lipinski definition) is 2. The SMILES string of the molecule is COc1cc(N)cc(N2CC(CO)OC(C)(C)C2)c1. The number of anilines is 2. The molecule has 1 saturated heterocycles. The maximum atomic E-state index is 9.34. The van der Waals surface area contributed by atoms with E-state index < -0.39 is 0 Å². The molecule has 0 aliphatic carbocycles. The van der Waals surface area contributed by atoms with Crippen LogP contribution in [0, 0.1) is 0 Å². The van der Waals surface area contributed by atoms with Crippen LogP contribution in [0.15, 0.2) is 18.2 Å². The quantitative estimate of drug-likeness (QED) is 0.806. The van der Waals surface area contributed by atoms with Crippen molar-refractivity contribution in [3.8, 4) is 5.75 Å². The van der Waals surface area contributed by atoms with Gasteiger partial charge < -0.3 is 25.2 Å². The molecule has 1 unspecified atom stereocenters. The lowest BCUT2D eigenvalue weighted by Crippen LogP contribution is -2.54. The first-order valence-electron chi connectivity index (χ1n) is 6.42. The van der Waals surface area contributed by atoms with Gasteiger partial charge in [0.1, 0.15) is 5.75 Å². The minimum atomic E-state index is -0.302. The zero-order valence-electron chi connectivity index (χ0n) is 11.7. The van der Waals surface area contributed by atoms with E-state index in [0.29, 0.717) is 12.2 Å². The van der Waals surface area contributed by atoms with E-state index in [1.54, 1.807) is 13.2 Å². The minimum absolute atomic E-state index is 0.0133. The number of ether oxygens (including phenoxy) is 2. The van der Waals surface area contributed by atoms with Gasteiger partial charge in [0.15, 0.2) is 0 Å². The lowest BCUT2D eigenvalue weighted by Gasteiger charge is -2.43. The molecule has 5 nitrogen and oxygen atoms in total. The summed E-state index contributed by atoms with van der Waals surface area (Å²) in [5.41, 5.74) is 7.25. The van der Waals surface area contributed by atoms with Crippen molar-refractivity contribution in [2.75, 3.05) is 37.4 Å². The van der Waals surface area contributed by atoms with Crippen molar-refractivity contribution < 1.29 is 14.6 Å². The highest BCUT2D eigenvalue weighted by atomic mass is 16.5. The number of nitrogens with two attached hydrogens (primary N) is 1. The number of benzene rings is 1. The second kappa shape index (κ2) is 5.27. The molecule has 0 amide bonds. The van der Waals surface area contributed by atoms with Gasteiger partial charge >= 0.3 is 0 Å². The Labute approximate surface area is 113 Å². The summed E-state index contributed by atoms with van der Waals surface area (Å²) in [5.74, 6) is 0.736. The molecule has 0 bridgehead atoms. The fourth-order valence-electron chi connectivity index (χ4n) is 2.49. The van der Waals surface area contributed by atoms with E-state index in [-0.39, 0.29) is 18.3 Å². The fourth-order valence-corrected chi connectivity index (χ4v) is 2.49. The Balaban J connectivity index is 2.27. The monoisotopic (exact) mass is 266 g/mol. The molecule has 0 radical (unpaired) electrons. The second-order valence-corrected chi connectivity index (χ2v) is 5.53. The zero-order chi connectivity index (χ0) is 14.0. The predicted molar refractivity (Wildman–Crippen MR) is 75.7 cm³/mol. The van der Waals surface area contributed by atoms with Crippen molar-refractivity contribution in [1.82, 2.24) is 0 Å². The van der Waals surface area contributed by atoms with Crippen LogP contribution in [0.3, 0.4) is 0 Å². The molecule has 1 aliphatic rings. The van der Waals surface area contributed by atoms with Gasteiger partial charge in [-0.1, -0.05) is 0 Å². The number of hydrogen-bond acceptors (Lipinski definition) is 5. The average molecular weight is 266 g/mol. The van der Waals surface area contributed by atoms with Gasteiger partial charge in [0.05, 0.1) is 25.4 Å².